The van der Waals surface area contributed by atoms with Gasteiger partial charge in [-0.05, 0) is 62.3 Å². The van der Waals surface area contributed by atoms with Gasteiger partial charge in [-0.25, -0.2) is 8.42 Å². The molecule has 1 atom stereocenters. The number of carbonyl (C=O) groups excluding carboxylic acids is 1. The van der Waals surface area contributed by atoms with Crippen LogP contribution in [-0.4, -0.2) is 38.4 Å². The van der Waals surface area contributed by atoms with Crippen LogP contribution in [0.2, 0.25) is 0 Å². The topological polar surface area (TPSA) is 63.7 Å². The van der Waals surface area contributed by atoms with Crippen LogP contribution >= 0.6 is 0 Å². The first-order valence-electron chi connectivity index (χ1n) is 8.31. The standard InChI is InChI=1S/C17H23NO4S/c1-2-22-17(19)15-7-4-10-18(12-15)23(20,21)16-9-8-13-5-3-6-14(13)11-16/h8-9,11,15H,2-7,10,12H2,1H3/t15-/m0/s1. The van der Waals surface area contributed by atoms with E-state index in [0.29, 0.717) is 30.9 Å². The van der Waals surface area contributed by atoms with Crippen molar-refractivity contribution in [3.63, 3.8) is 0 Å². The van der Waals surface area contributed by atoms with Crippen LogP contribution in [0, 0.1) is 5.92 Å². The van der Waals surface area contributed by atoms with Crippen LogP contribution in [0.1, 0.15) is 37.3 Å². The summed E-state index contributed by atoms with van der Waals surface area (Å²) in [7, 11) is -3.54. The molecule has 1 fully saturated rings. The minimum absolute atomic E-state index is 0.220. The summed E-state index contributed by atoms with van der Waals surface area (Å²) in [6.07, 6.45) is 4.45. The normalized spacial score (nSPS) is 21.9. The number of benzene rings is 1. The number of hydrogen-bond donors (Lipinski definition) is 0. The third-order valence-corrected chi connectivity index (χ3v) is 6.57. The molecule has 1 saturated heterocycles. The third kappa shape index (κ3) is 3.28. The number of sulfonamides is 1. The lowest BCUT2D eigenvalue weighted by Gasteiger charge is -2.30. The van der Waals surface area contributed by atoms with Crippen LogP contribution in [0.15, 0.2) is 23.1 Å². The summed E-state index contributed by atoms with van der Waals surface area (Å²) in [6.45, 7) is 2.78. The molecule has 1 aliphatic heterocycles. The molecule has 126 valence electrons. The summed E-state index contributed by atoms with van der Waals surface area (Å²) in [5.41, 5.74) is 2.40. The quantitative estimate of drug-likeness (QED) is 0.790. The fourth-order valence-electron chi connectivity index (χ4n) is 3.47. The van der Waals surface area contributed by atoms with E-state index in [9.17, 15) is 13.2 Å². The molecule has 0 N–H and O–H groups in total. The van der Waals surface area contributed by atoms with E-state index in [1.165, 1.54) is 9.87 Å². The molecule has 2 aliphatic rings. The Morgan fingerprint density at radius 1 is 1.26 bits per heavy atom. The molecule has 1 aromatic rings. The zero-order chi connectivity index (χ0) is 16.4. The molecule has 0 saturated carbocycles. The molecule has 23 heavy (non-hydrogen) atoms. The van der Waals surface area contributed by atoms with Crippen molar-refractivity contribution in [1.82, 2.24) is 4.31 Å². The summed E-state index contributed by atoms with van der Waals surface area (Å²) in [4.78, 5) is 12.3. The van der Waals surface area contributed by atoms with Crippen molar-refractivity contribution in [2.24, 2.45) is 5.92 Å². The Kier molecular flexibility index (Phi) is 4.73. The number of rotatable bonds is 4. The van der Waals surface area contributed by atoms with Crippen molar-refractivity contribution >= 4 is 16.0 Å². The maximum atomic E-state index is 12.9. The van der Waals surface area contributed by atoms with Gasteiger partial charge in [0.1, 0.15) is 0 Å². The lowest BCUT2D eigenvalue weighted by atomic mass is 10.0. The zero-order valence-corrected chi connectivity index (χ0v) is 14.3. The second-order valence-corrected chi connectivity index (χ2v) is 8.18. The molecule has 0 aromatic heterocycles. The fourth-order valence-corrected chi connectivity index (χ4v) is 5.05. The predicted octanol–water partition coefficient (Wildman–Crippen LogP) is 2.14. The van der Waals surface area contributed by atoms with E-state index >= 15 is 0 Å². The molecule has 0 bridgehead atoms. The second-order valence-electron chi connectivity index (χ2n) is 6.24. The van der Waals surface area contributed by atoms with Crippen LogP contribution in [0.3, 0.4) is 0 Å². The average Bonchev–Trinajstić information content (AvgIpc) is 3.03. The monoisotopic (exact) mass is 337 g/mol. The van der Waals surface area contributed by atoms with Gasteiger partial charge in [0.25, 0.3) is 0 Å². The van der Waals surface area contributed by atoms with Gasteiger partial charge in [-0.3, -0.25) is 4.79 Å². The molecule has 5 nitrogen and oxygen atoms in total. The number of aryl methyl sites for hydroxylation is 2. The van der Waals surface area contributed by atoms with E-state index in [4.69, 9.17) is 4.74 Å². The summed E-state index contributed by atoms with van der Waals surface area (Å²) < 4.78 is 32.3. The maximum Gasteiger partial charge on any atom is 0.310 e. The first-order chi connectivity index (χ1) is 11.0. The zero-order valence-electron chi connectivity index (χ0n) is 13.5. The number of fused-ring (bicyclic) bond motifs is 1. The smallest absolute Gasteiger partial charge is 0.310 e. The number of esters is 1. The first kappa shape index (κ1) is 16.5. The van der Waals surface area contributed by atoms with Crippen molar-refractivity contribution in [2.75, 3.05) is 19.7 Å². The minimum Gasteiger partial charge on any atom is -0.466 e. The summed E-state index contributed by atoms with van der Waals surface area (Å²) in [5, 5.41) is 0. The molecule has 1 aromatic carbocycles. The highest BCUT2D eigenvalue weighted by molar-refractivity contribution is 7.89. The summed E-state index contributed by atoms with van der Waals surface area (Å²) in [5.74, 6) is -0.644. The highest BCUT2D eigenvalue weighted by atomic mass is 32.2. The van der Waals surface area contributed by atoms with Crippen LogP contribution < -0.4 is 0 Å². The predicted molar refractivity (Wildman–Crippen MR) is 86.6 cm³/mol. The van der Waals surface area contributed by atoms with Crippen molar-refractivity contribution < 1.29 is 17.9 Å². The molecule has 1 aliphatic carbocycles. The van der Waals surface area contributed by atoms with E-state index in [2.05, 4.69) is 0 Å². The van der Waals surface area contributed by atoms with Crippen LogP contribution in [0.4, 0.5) is 0 Å². The van der Waals surface area contributed by atoms with Gasteiger partial charge in [-0.2, -0.15) is 4.31 Å². The lowest BCUT2D eigenvalue weighted by molar-refractivity contribution is -0.149. The molecule has 6 heteroatoms. The van der Waals surface area contributed by atoms with Crippen molar-refractivity contribution in [1.29, 1.82) is 0 Å². The Morgan fingerprint density at radius 2 is 2.04 bits per heavy atom. The molecule has 0 amide bonds. The van der Waals surface area contributed by atoms with Gasteiger partial charge in [0.2, 0.25) is 10.0 Å². The van der Waals surface area contributed by atoms with Gasteiger partial charge in [0.05, 0.1) is 17.4 Å². The average molecular weight is 337 g/mol. The first-order valence-corrected chi connectivity index (χ1v) is 9.75. The van der Waals surface area contributed by atoms with Gasteiger partial charge in [0, 0.05) is 13.1 Å². The Bertz CT molecular complexity index is 699. The SMILES string of the molecule is CCOC(=O)[C@H]1CCCN(S(=O)(=O)c2ccc3c(c2)CCC3)C1. The molecular weight excluding hydrogens is 314 g/mol. The van der Waals surface area contributed by atoms with E-state index in [1.54, 1.807) is 13.0 Å². The molecule has 0 radical (unpaired) electrons. The molecule has 1 heterocycles. The van der Waals surface area contributed by atoms with Gasteiger partial charge in [-0.1, -0.05) is 6.07 Å². The van der Waals surface area contributed by atoms with Crippen molar-refractivity contribution in [3.05, 3.63) is 29.3 Å². The van der Waals surface area contributed by atoms with Crippen molar-refractivity contribution in [3.8, 4) is 0 Å². The van der Waals surface area contributed by atoms with Crippen LogP contribution in [0.5, 0.6) is 0 Å². The van der Waals surface area contributed by atoms with E-state index < -0.39 is 10.0 Å². The molecule has 0 spiro atoms. The maximum absolute atomic E-state index is 12.9. The minimum atomic E-state index is -3.54. The summed E-state index contributed by atoms with van der Waals surface area (Å²) in [6, 6.07) is 5.45. The highest BCUT2D eigenvalue weighted by Gasteiger charge is 2.34. The molecular formula is C17H23NO4S. The Morgan fingerprint density at radius 3 is 2.83 bits per heavy atom. The van der Waals surface area contributed by atoms with E-state index in [-0.39, 0.29) is 18.4 Å². The summed E-state index contributed by atoms with van der Waals surface area (Å²) >= 11 is 0. The van der Waals surface area contributed by atoms with E-state index in [0.717, 1.165) is 24.8 Å². The molecule has 0 unspecified atom stereocenters. The fraction of sp³-hybridized carbons (Fsp3) is 0.588. The van der Waals surface area contributed by atoms with Gasteiger partial charge < -0.3 is 4.74 Å². The number of hydrogen-bond acceptors (Lipinski definition) is 4. The van der Waals surface area contributed by atoms with Crippen molar-refractivity contribution in [2.45, 2.75) is 43.9 Å². The molecule has 3 rings (SSSR count). The Hall–Kier alpha value is -1.40. The largest absolute Gasteiger partial charge is 0.466 e. The number of piperidine rings is 1. The van der Waals surface area contributed by atoms with Gasteiger partial charge in [-0.15, -0.1) is 0 Å². The number of ether oxygens (including phenoxy) is 1. The Labute approximate surface area is 137 Å². The number of carbonyl (C=O) groups is 1. The second kappa shape index (κ2) is 6.61. The van der Waals surface area contributed by atoms with Gasteiger partial charge in [0.15, 0.2) is 0 Å². The van der Waals surface area contributed by atoms with Crippen LogP contribution in [-0.2, 0) is 32.4 Å². The lowest BCUT2D eigenvalue weighted by Crippen LogP contribution is -2.42. The third-order valence-electron chi connectivity index (χ3n) is 4.71. The van der Waals surface area contributed by atoms with E-state index in [1.807, 2.05) is 12.1 Å². The van der Waals surface area contributed by atoms with Crippen LogP contribution in [0.25, 0.3) is 0 Å². The Balaban J connectivity index is 1.80. The number of nitrogens with zero attached hydrogens (tertiary/aromatic N) is 1. The van der Waals surface area contributed by atoms with Gasteiger partial charge >= 0.3 is 5.97 Å². The highest BCUT2D eigenvalue weighted by Crippen LogP contribution is 2.28.